The molecule has 1 spiro atoms. The predicted octanol–water partition coefficient (Wildman–Crippen LogP) is 3.06. The van der Waals surface area contributed by atoms with Crippen molar-refractivity contribution in [3.8, 4) is 0 Å². The van der Waals surface area contributed by atoms with Crippen LogP contribution in [0.25, 0.3) is 0 Å². The topological polar surface area (TPSA) is 61.5 Å². The van der Waals surface area contributed by atoms with Crippen LogP contribution in [0.1, 0.15) is 52.6 Å². The smallest absolute Gasteiger partial charge is 0.289 e. The van der Waals surface area contributed by atoms with Gasteiger partial charge in [-0.2, -0.15) is 0 Å². The summed E-state index contributed by atoms with van der Waals surface area (Å²) >= 11 is 1.99. The summed E-state index contributed by atoms with van der Waals surface area (Å²) in [5.74, 6) is 1.02. The molecule has 3 aliphatic rings. The van der Waals surface area contributed by atoms with Crippen LogP contribution in [0.5, 0.6) is 0 Å². The molecule has 1 amide bonds. The van der Waals surface area contributed by atoms with Gasteiger partial charge >= 0.3 is 0 Å². The maximum Gasteiger partial charge on any atom is 0.289 e. The molecule has 0 aromatic carbocycles. The number of fused-ring (bicyclic) bond motifs is 2. The van der Waals surface area contributed by atoms with Crippen molar-refractivity contribution in [1.82, 2.24) is 19.8 Å². The molecule has 5 heterocycles. The summed E-state index contributed by atoms with van der Waals surface area (Å²) in [7, 11) is 0. The number of aromatic amines is 1. The molecule has 2 aromatic heterocycles. The number of hydrogen-bond donors (Lipinski definition) is 1. The molecule has 2 atom stereocenters. The van der Waals surface area contributed by atoms with Crippen LogP contribution in [0.2, 0.25) is 0 Å². The van der Waals surface area contributed by atoms with Gasteiger partial charge in [-0.05, 0) is 37.8 Å². The van der Waals surface area contributed by atoms with Gasteiger partial charge in [-0.15, -0.1) is 11.3 Å². The average molecular weight is 415 g/mol. The van der Waals surface area contributed by atoms with Crippen molar-refractivity contribution in [2.24, 2.45) is 5.92 Å². The number of aryl methyl sites for hydroxylation is 1. The Morgan fingerprint density at radius 3 is 3.03 bits per heavy atom. The maximum atomic E-state index is 12.3. The first-order chi connectivity index (χ1) is 14.1. The molecule has 29 heavy (non-hydrogen) atoms. The van der Waals surface area contributed by atoms with Crippen molar-refractivity contribution >= 4 is 17.2 Å². The van der Waals surface area contributed by atoms with Crippen LogP contribution in [0.3, 0.4) is 0 Å². The molecule has 2 saturated heterocycles. The van der Waals surface area contributed by atoms with E-state index in [0.717, 1.165) is 58.5 Å². The van der Waals surface area contributed by atoms with Gasteiger partial charge in [0.05, 0.1) is 12.2 Å². The first kappa shape index (κ1) is 19.3. The van der Waals surface area contributed by atoms with Crippen LogP contribution in [0.15, 0.2) is 18.5 Å². The van der Waals surface area contributed by atoms with E-state index in [1.807, 2.05) is 16.2 Å². The number of likely N-dealkylation sites (tertiary alicyclic amines) is 2. The summed E-state index contributed by atoms with van der Waals surface area (Å²) in [6, 6.07) is 2.92. The molecule has 6 nitrogen and oxygen atoms in total. The van der Waals surface area contributed by atoms with Crippen LogP contribution in [-0.2, 0) is 23.2 Å². The third kappa shape index (κ3) is 3.43. The zero-order valence-electron chi connectivity index (χ0n) is 17.3. The van der Waals surface area contributed by atoms with Crippen molar-refractivity contribution in [2.75, 3.05) is 32.8 Å². The van der Waals surface area contributed by atoms with Crippen LogP contribution in [-0.4, -0.2) is 64.5 Å². The Bertz CT molecular complexity index is 874. The molecule has 156 valence electrons. The number of carbonyl (C=O) groups excluding carboxylic acids is 1. The van der Waals surface area contributed by atoms with E-state index >= 15 is 0 Å². The predicted molar refractivity (Wildman–Crippen MR) is 113 cm³/mol. The van der Waals surface area contributed by atoms with Gasteiger partial charge in [0.25, 0.3) is 5.91 Å². The molecular formula is C22H30N4O2S. The fourth-order valence-electron chi connectivity index (χ4n) is 5.26. The van der Waals surface area contributed by atoms with E-state index in [0.29, 0.717) is 17.8 Å². The second-order valence-electron chi connectivity index (χ2n) is 8.81. The molecule has 7 heteroatoms. The van der Waals surface area contributed by atoms with Crippen molar-refractivity contribution in [1.29, 1.82) is 0 Å². The van der Waals surface area contributed by atoms with Crippen molar-refractivity contribution in [2.45, 2.75) is 51.2 Å². The summed E-state index contributed by atoms with van der Waals surface area (Å²) in [5.41, 5.74) is 1.41. The second kappa shape index (κ2) is 7.52. The number of nitrogens with zero attached hydrogens (tertiary/aromatic N) is 3. The number of aromatic nitrogens is 2. The molecule has 2 aromatic rings. The zero-order chi connectivity index (χ0) is 20.0. The number of thiophene rings is 1. The lowest BCUT2D eigenvalue weighted by Gasteiger charge is -2.49. The highest BCUT2D eigenvalue weighted by molar-refractivity contribution is 7.12. The summed E-state index contributed by atoms with van der Waals surface area (Å²) in [5, 5.41) is 0. The van der Waals surface area contributed by atoms with Crippen molar-refractivity contribution in [3.63, 3.8) is 0 Å². The van der Waals surface area contributed by atoms with Crippen LogP contribution in [0.4, 0.5) is 0 Å². The molecule has 0 bridgehead atoms. The summed E-state index contributed by atoms with van der Waals surface area (Å²) < 4.78 is 6.46. The number of carbonyl (C=O) groups is 1. The number of nitrogens with one attached hydrogen (secondary N) is 1. The lowest BCUT2D eigenvalue weighted by atomic mass is 9.79. The molecular weight excluding hydrogens is 384 g/mol. The quantitative estimate of drug-likeness (QED) is 0.835. The highest BCUT2D eigenvalue weighted by Crippen LogP contribution is 2.46. The van der Waals surface area contributed by atoms with Gasteiger partial charge in [0.2, 0.25) is 0 Å². The first-order valence-electron chi connectivity index (χ1n) is 10.9. The minimum atomic E-state index is -0.0751. The summed E-state index contributed by atoms with van der Waals surface area (Å²) in [6.45, 7) is 9.24. The van der Waals surface area contributed by atoms with E-state index in [4.69, 9.17) is 4.74 Å². The van der Waals surface area contributed by atoms with Gasteiger partial charge < -0.3 is 19.5 Å². The second-order valence-corrected chi connectivity index (χ2v) is 10.0. The summed E-state index contributed by atoms with van der Waals surface area (Å²) in [6.07, 6.45) is 7.66. The highest BCUT2D eigenvalue weighted by atomic mass is 32.1. The lowest BCUT2D eigenvalue weighted by Crippen LogP contribution is -2.57. The third-order valence-electron chi connectivity index (χ3n) is 6.90. The number of rotatable bonds is 4. The Hall–Kier alpha value is -1.70. The third-order valence-corrected chi connectivity index (χ3v) is 8.24. The number of imidazole rings is 1. The lowest BCUT2D eigenvalue weighted by molar-refractivity contribution is -0.114. The zero-order valence-corrected chi connectivity index (χ0v) is 18.1. The van der Waals surface area contributed by atoms with Gasteiger partial charge in [0.1, 0.15) is 0 Å². The Labute approximate surface area is 176 Å². The molecule has 5 rings (SSSR count). The van der Waals surface area contributed by atoms with Gasteiger partial charge in [-0.1, -0.05) is 6.92 Å². The van der Waals surface area contributed by atoms with E-state index in [2.05, 4.69) is 34.8 Å². The minimum Gasteiger partial charge on any atom is -0.370 e. The molecule has 0 radical (unpaired) electrons. The molecule has 0 saturated carbocycles. The van der Waals surface area contributed by atoms with Gasteiger partial charge in [-0.3, -0.25) is 4.79 Å². The Balaban J connectivity index is 1.19. The molecule has 1 N–H and O–H groups in total. The number of H-pyrrole nitrogens is 1. The van der Waals surface area contributed by atoms with Crippen molar-refractivity contribution < 1.29 is 9.53 Å². The van der Waals surface area contributed by atoms with E-state index in [9.17, 15) is 4.79 Å². The Morgan fingerprint density at radius 1 is 1.45 bits per heavy atom. The first-order valence-corrected chi connectivity index (χ1v) is 11.7. The van der Waals surface area contributed by atoms with Crippen LogP contribution in [0, 0.1) is 5.92 Å². The number of ether oxygens (including phenoxy) is 1. The van der Waals surface area contributed by atoms with Gasteiger partial charge in [-0.25, -0.2) is 4.98 Å². The van der Waals surface area contributed by atoms with E-state index in [1.165, 1.54) is 10.4 Å². The normalized spacial score (nSPS) is 27.8. The molecule has 2 fully saturated rings. The highest BCUT2D eigenvalue weighted by Gasteiger charge is 2.45. The van der Waals surface area contributed by atoms with E-state index < -0.39 is 0 Å². The Kier molecular flexibility index (Phi) is 5.00. The maximum absolute atomic E-state index is 12.3. The fourth-order valence-corrected chi connectivity index (χ4v) is 6.44. The SMILES string of the molecule is CCc1cc2c(s1)CCO[C@@]21CCN(CC2CN(C(=O)c3ncc[nH]3)C2)[C@@H](C)C1. The number of hydrogen-bond acceptors (Lipinski definition) is 5. The molecule has 0 unspecified atom stereocenters. The Morgan fingerprint density at radius 2 is 2.31 bits per heavy atom. The van der Waals surface area contributed by atoms with Crippen LogP contribution >= 0.6 is 11.3 Å². The minimum absolute atomic E-state index is 0.0178. The molecule has 3 aliphatic heterocycles. The van der Waals surface area contributed by atoms with Gasteiger partial charge in [0.15, 0.2) is 5.82 Å². The average Bonchev–Trinajstić information content (AvgIpc) is 3.36. The number of piperidine rings is 1. The monoisotopic (exact) mass is 414 g/mol. The van der Waals surface area contributed by atoms with Gasteiger partial charge in [0, 0.05) is 66.7 Å². The van der Waals surface area contributed by atoms with E-state index in [-0.39, 0.29) is 11.5 Å². The molecule has 0 aliphatic carbocycles. The standard InChI is InChI=1S/C22H30N4O2S/c1-3-17-10-18-19(29-17)4-9-28-22(18)5-8-25(15(2)11-22)12-16-13-26(14-16)21(27)20-23-6-7-24-20/h6-7,10,15-16H,3-5,8-9,11-14H2,1-2H3,(H,23,24)/t15-,22+/m0/s1. The largest absolute Gasteiger partial charge is 0.370 e. The number of amides is 1. The van der Waals surface area contributed by atoms with Crippen LogP contribution < -0.4 is 0 Å². The van der Waals surface area contributed by atoms with E-state index in [1.54, 1.807) is 17.3 Å². The fraction of sp³-hybridized carbons (Fsp3) is 0.636. The summed E-state index contributed by atoms with van der Waals surface area (Å²) in [4.78, 5) is 26.9. The van der Waals surface area contributed by atoms with Crippen molar-refractivity contribution in [3.05, 3.63) is 39.6 Å².